The molecule has 3 nitrogen and oxygen atoms in total. The van der Waals surface area contributed by atoms with Crippen LogP contribution in [0.5, 0.6) is 0 Å². The Bertz CT molecular complexity index is 381. The number of nitrogens with zero attached hydrogens (tertiary/aromatic N) is 1. The maximum Gasteiger partial charge on any atom is 0.410 e. The minimum atomic E-state index is -0.409. The number of carbonyl (C=O) groups is 1. The van der Waals surface area contributed by atoms with Gasteiger partial charge < -0.3 is 9.64 Å². The second-order valence-corrected chi connectivity index (χ2v) is 7.07. The Balaban J connectivity index is 1.86. The quantitative estimate of drug-likeness (QED) is 0.627. The highest BCUT2D eigenvalue weighted by molar-refractivity contribution is 5.68. The summed E-state index contributed by atoms with van der Waals surface area (Å²) in [6, 6.07) is 0. The summed E-state index contributed by atoms with van der Waals surface area (Å²) in [5.74, 6) is 3.35. The van der Waals surface area contributed by atoms with Crippen LogP contribution in [0.3, 0.4) is 0 Å². The first kappa shape index (κ1) is 14.2. The standard InChI is InChI=1S/C16H25NO2/c1-5-13-6-7-16(12-13)8-10-17(11-9-16)14(18)19-15(2,3)4/h1,13H,6-12H2,2-4H3. The van der Waals surface area contributed by atoms with Gasteiger partial charge in [0, 0.05) is 19.0 Å². The van der Waals surface area contributed by atoms with Crippen LogP contribution in [0.15, 0.2) is 0 Å². The lowest BCUT2D eigenvalue weighted by molar-refractivity contribution is 0.0105. The number of hydrogen-bond donors (Lipinski definition) is 0. The van der Waals surface area contributed by atoms with Crippen molar-refractivity contribution in [3.63, 3.8) is 0 Å². The SMILES string of the molecule is C#CC1CCC2(CCN(C(=O)OC(C)(C)C)CC2)C1. The van der Waals surface area contributed by atoms with E-state index in [4.69, 9.17) is 11.2 Å². The van der Waals surface area contributed by atoms with Crippen LogP contribution in [0.2, 0.25) is 0 Å². The van der Waals surface area contributed by atoms with Gasteiger partial charge in [-0.1, -0.05) is 0 Å². The third-order valence-corrected chi connectivity index (χ3v) is 4.41. The molecule has 0 bridgehead atoms. The van der Waals surface area contributed by atoms with Crippen LogP contribution in [-0.4, -0.2) is 29.7 Å². The van der Waals surface area contributed by atoms with Crippen molar-refractivity contribution in [1.29, 1.82) is 0 Å². The van der Waals surface area contributed by atoms with E-state index in [0.717, 1.165) is 38.8 Å². The van der Waals surface area contributed by atoms with Gasteiger partial charge in [0.05, 0.1) is 0 Å². The van der Waals surface area contributed by atoms with Gasteiger partial charge in [0.15, 0.2) is 0 Å². The number of hydrogen-bond acceptors (Lipinski definition) is 2. The van der Waals surface area contributed by atoms with E-state index in [0.29, 0.717) is 11.3 Å². The van der Waals surface area contributed by atoms with E-state index in [-0.39, 0.29) is 6.09 Å². The minimum Gasteiger partial charge on any atom is -0.444 e. The lowest BCUT2D eigenvalue weighted by atomic mass is 9.76. The summed E-state index contributed by atoms with van der Waals surface area (Å²) in [5.41, 5.74) is -0.0102. The third-order valence-electron chi connectivity index (χ3n) is 4.41. The zero-order chi connectivity index (χ0) is 14.1. The van der Waals surface area contributed by atoms with Gasteiger partial charge in [-0.05, 0) is 58.3 Å². The van der Waals surface area contributed by atoms with Crippen LogP contribution >= 0.6 is 0 Å². The van der Waals surface area contributed by atoms with Gasteiger partial charge in [0.1, 0.15) is 5.60 Å². The van der Waals surface area contributed by atoms with Crippen molar-refractivity contribution in [2.24, 2.45) is 11.3 Å². The average Bonchev–Trinajstić information content (AvgIpc) is 2.71. The van der Waals surface area contributed by atoms with Crippen molar-refractivity contribution < 1.29 is 9.53 Å². The number of likely N-dealkylation sites (tertiary alicyclic amines) is 1. The van der Waals surface area contributed by atoms with E-state index >= 15 is 0 Å². The zero-order valence-corrected chi connectivity index (χ0v) is 12.4. The maximum atomic E-state index is 12.0. The predicted octanol–water partition coefficient (Wildman–Crippen LogP) is 3.44. The summed E-state index contributed by atoms with van der Waals surface area (Å²) in [6.07, 6.45) is 11.0. The van der Waals surface area contributed by atoms with E-state index in [2.05, 4.69) is 5.92 Å². The molecule has 3 heteroatoms. The molecule has 0 radical (unpaired) electrons. The highest BCUT2D eigenvalue weighted by Gasteiger charge is 2.42. The van der Waals surface area contributed by atoms with Crippen molar-refractivity contribution in [3.8, 4) is 12.3 Å². The van der Waals surface area contributed by atoms with Crippen molar-refractivity contribution in [2.45, 2.75) is 58.5 Å². The Morgan fingerprint density at radius 1 is 1.32 bits per heavy atom. The van der Waals surface area contributed by atoms with Crippen LogP contribution in [0.25, 0.3) is 0 Å². The molecule has 1 saturated heterocycles. The van der Waals surface area contributed by atoms with Crippen LogP contribution in [0.4, 0.5) is 4.79 Å². The topological polar surface area (TPSA) is 29.5 Å². The number of rotatable bonds is 0. The van der Waals surface area contributed by atoms with Crippen LogP contribution in [0, 0.1) is 23.7 Å². The molecule has 2 fully saturated rings. The molecule has 1 saturated carbocycles. The largest absolute Gasteiger partial charge is 0.444 e. The Hall–Kier alpha value is -1.17. The monoisotopic (exact) mass is 263 g/mol. The second kappa shape index (κ2) is 5.07. The smallest absolute Gasteiger partial charge is 0.410 e. The molecule has 1 heterocycles. The summed E-state index contributed by atoms with van der Waals surface area (Å²) in [5, 5.41) is 0. The highest BCUT2D eigenvalue weighted by atomic mass is 16.6. The lowest BCUT2D eigenvalue weighted by Gasteiger charge is -2.39. The van der Waals surface area contributed by atoms with Gasteiger partial charge in [-0.15, -0.1) is 12.3 Å². The summed E-state index contributed by atoms with van der Waals surface area (Å²) in [6.45, 7) is 7.35. The number of piperidine rings is 1. The second-order valence-electron chi connectivity index (χ2n) is 7.07. The predicted molar refractivity (Wildman–Crippen MR) is 75.6 cm³/mol. The van der Waals surface area contributed by atoms with Gasteiger partial charge in [0.25, 0.3) is 0 Å². The average molecular weight is 263 g/mol. The van der Waals surface area contributed by atoms with Crippen LogP contribution in [0.1, 0.15) is 52.9 Å². The molecule has 0 aromatic rings. The van der Waals surface area contributed by atoms with Gasteiger partial charge in [-0.2, -0.15) is 0 Å². The minimum absolute atomic E-state index is 0.172. The molecule has 0 aromatic carbocycles. The van der Waals surface area contributed by atoms with E-state index in [1.165, 1.54) is 6.42 Å². The molecule has 2 aliphatic rings. The normalized spacial score (nSPS) is 26.2. The molecular formula is C16H25NO2. The fourth-order valence-corrected chi connectivity index (χ4v) is 3.29. The molecule has 106 valence electrons. The van der Waals surface area contributed by atoms with Crippen molar-refractivity contribution in [2.75, 3.05) is 13.1 Å². The van der Waals surface area contributed by atoms with Gasteiger partial charge in [0.2, 0.25) is 0 Å². The van der Waals surface area contributed by atoms with Crippen molar-refractivity contribution in [3.05, 3.63) is 0 Å². The fraction of sp³-hybridized carbons (Fsp3) is 0.812. The van der Waals surface area contributed by atoms with Crippen molar-refractivity contribution >= 4 is 6.09 Å². The lowest BCUT2D eigenvalue weighted by Crippen LogP contribution is -2.44. The first-order valence-corrected chi connectivity index (χ1v) is 7.28. The molecule has 1 spiro atoms. The summed E-state index contributed by atoms with van der Waals surface area (Å²) in [4.78, 5) is 13.9. The Labute approximate surface area is 116 Å². The van der Waals surface area contributed by atoms with E-state index in [1.807, 2.05) is 25.7 Å². The molecule has 1 aliphatic heterocycles. The first-order chi connectivity index (χ1) is 8.84. The summed E-state index contributed by atoms with van der Waals surface area (Å²) in [7, 11) is 0. The first-order valence-electron chi connectivity index (χ1n) is 7.28. The number of ether oxygens (including phenoxy) is 1. The zero-order valence-electron chi connectivity index (χ0n) is 12.4. The molecule has 1 atom stereocenters. The van der Waals surface area contributed by atoms with Gasteiger partial charge in [-0.25, -0.2) is 4.79 Å². The van der Waals surface area contributed by atoms with Crippen LogP contribution in [-0.2, 0) is 4.74 Å². The molecule has 1 amide bonds. The molecule has 1 unspecified atom stereocenters. The Morgan fingerprint density at radius 2 is 1.95 bits per heavy atom. The Morgan fingerprint density at radius 3 is 2.42 bits per heavy atom. The molecule has 19 heavy (non-hydrogen) atoms. The molecule has 2 rings (SSSR count). The molecule has 1 aliphatic carbocycles. The van der Waals surface area contributed by atoms with Crippen LogP contribution < -0.4 is 0 Å². The molecular weight excluding hydrogens is 238 g/mol. The fourth-order valence-electron chi connectivity index (χ4n) is 3.29. The van der Waals surface area contributed by atoms with Gasteiger partial charge in [-0.3, -0.25) is 0 Å². The van der Waals surface area contributed by atoms with E-state index in [1.54, 1.807) is 0 Å². The highest BCUT2D eigenvalue weighted by Crippen LogP contribution is 2.48. The number of carbonyl (C=O) groups excluding carboxylic acids is 1. The Kier molecular flexibility index (Phi) is 3.80. The van der Waals surface area contributed by atoms with Gasteiger partial charge >= 0.3 is 6.09 Å². The number of amides is 1. The van der Waals surface area contributed by atoms with E-state index in [9.17, 15) is 4.79 Å². The summed E-state index contributed by atoms with van der Waals surface area (Å²) < 4.78 is 5.43. The third kappa shape index (κ3) is 3.43. The van der Waals surface area contributed by atoms with Crippen molar-refractivity contribution in [1.82, 2.24) is 4.90 Å². The van der Waals surface area contributed by atoms with E-state index < -0.39 is 5.60 Å². The molecule has 0 N–H and O–H groups in total. The maximum absolute atomic E-state index is 12.0. The molecule has 0 aromatic heterocycles. The number of terminal acetylenes is 1. The summed E-state index contributed by atoms with van der Waals surface area (Å²) >= 11 is 0.